The standard InChI is InChI=1S/C16H20I3N3O7/c1-6(25)22-14-12(18)9(15(28)20-2-7(26)4-23)11(17)10(13(14)19)16(29)21-3-8(27)5-24/h7-8,23-24,26-27H,2-5H2,1H3,(H,20,28)(H,21,29)(H,22,25)/t7-,8+. The first kappa shape index (κ1) is 26.7. The molecule has 0 aromatic heterocycles. The Morgan fingerprint density at radius 3 is 1.52 bits per heavy atom. The van der Waals surface area contributed by atoms with Crippen molar-refractivity contribution in [2.24, 2.45) is 0 Å². The molecule has 0 heterocycles. The van der Waals surface area contributed by atoms with Crippen molar-refractivity contribution in [3.8, 4) is 0 Å². The molecule has 0 aliphatic heterocycles. The molecule has 1 rings (SSSR count). The molecule has 3 amide bonds. The lowest BCUT2D eigenvalue weighted by molar-refractivity contribution is -0.114. The predicted octanol–water partition coefficient (Wildman–Crippen LogP) is -0.375. The average molecular weight is 747 g/mol. The lowest BCUT2D eigenvalue weighted by atomic mass is 10.1. The maximum absolute atomic E-state index is 12.7. The van der Waals surface area contributed by atoms with E-state index in [0.29, 0.717) is 10.7 Å². The number of aliphatic hydroxyl groups excluding tert-OH is 4. The van der Waals surface area contributed by atoms with E-state index in [2.05, 4.69) is 16.0 Å². The quantitative estimate of drug-likeness (QED) is 0.169. The molecule has 0 radical (unpaired) electrons. The van der Waals surface area contributed by atoms with Crippen molar-refractivity contribution in [3.05, 3.63) is 21.8 Å². The molecule has 0 unspecified atom stereocenters. The first-order chi connectivity index (χ1) is 13.5. The van der Waals surface area contributed by atoms with E-state index >= 15 is 0 Å². The molecule has 1 aromatic carbocycles. The molecule has 0 saturated carbocycles. The summed E-state index contributed by atoms with van der Waals surface area (Å²) >= 11 is 5.60. The van der Waals surface area contributed by atoms with Crippen molar-refractivity contribution in [1.82, 2.24) is 10.6 Å². The van der Waals surface area contributed by atoms with Crippen LogP contribution in [0.15, 0.2) is 0 Å². The van der Waals surface area contributed by atoms with E-state index in [1.54, 1.807) is 0 Å². The van der Waals surface area contributed by atoms with Gasteiger partial charge in [-0.1, -0.05) is 0 Å². The van der Waals surface area contributed by atoms with Crippen LogP contribution in [0, 0.1) is 10.7 Å². The SMILES string of the molecule is CC(=O)Nc1c(I)c(C(=O)NC[C@H](O)CO)c(I)c(C(=O)NC[C@@H](O)CO)c1I. The van der Waals surface area contributed by atoms with E-state index in [4.69, 9.17) is 10.2 Å². The number of aliphatic hydroxyl groups is 4. The lowest BCUT2D eigenvalue weighted by Gasteiger charge is -2.20. The zero-order chi connectivity index (χ0) is 22.3. The van der Waals surface area contributed by atoms with Gasteiger partial charge in [0.2, 0.25) is 5.91 Å². The van der Waals surface area contributed by atoms with Crippen molar-refractivity contribution in [3.63, 3.8) is 0 Å². The zero-order valence-electron chi connectivity index (χ0n) is 15.1. The van der Waals surface area contributed by atoms with Crippen LogP contribution in [0.2, 0.25) is 0 Å². The Morgan fingerprint density at radius 1 is 0.828 bits per heavy atom. The van der Waals surface area contributed by atoms with Gasteiger partial charge in [-0.25, -0.2) is 0 Å². The van der Waals surface area contributed by atoms with E-state index in [-0.39, 0.29) is 29.9 Å². The van der Waals surface area contributed by atoms with Gasteiger partial charge in [-0.05, 0) is 67.8 Å². The third-order valence-corrected chi connectivity index (χ3v) is 6.73. The number of hydrogen-bond acceptors (Lipinski definition) is 7. The topological polar surface area (TPSA) is 168 Å². The smallest absolute Gasteiger partial charge is 0.253 e. The maximum Gasteiger partial charge on any atom is 0.253 e. The first-order valence-electron chi connectivity index (χ1n) is 8.17. The average Bonchev–Trinajstić information content (AvgIpc) is 2.67. The minimum atomic E-state index is -1.14. The zero-order valence-corrected chi connectivity index (χ0v) is 21.6. The third kappa shape index (κ3) is 7.39. The second-order valence-corrected chi connectivity index (χ2v) is 9.08. The number of carbonyl (C=O) groups excluding carboxylic acids is 3. The van der Waals surface area contributed by atoms with Gasteiger partial charge in [-0.15, -0.1) is 0 Å². The Bertz CT molecular complexity index is 739. The van der Waals surface area contributed by atoms with Gasteiger partial charge in [0.05, 0.1) is 49.4 Å². The number of rotatable bonds is 9. The Labute approximate surface area is 207 Å². The minimum Gasteiger partial charge on any atom is -0.394 e. The molecule has 0 bridgehead atoms. The van der Waals surface area contributed by atoms with Crippen LogP contribution in [-0.4, -0.2) is 76.7 Å². The predicted molar refractivity (Wildman–Crippen MR) is 130 cm³/mol. The van der Waals surface area contributed by atoms with Crippen LogP contribution < -0.4 is 16.0 Å². The summed E-state index contributed by atoms with van der Waals surface area (Å²) in [6, 6.07) is 0. The van der Waals surface area contributed by atoms with Crippen LogP contribution in [0.5, 0.6) is 0 Å². The molecular formula is C16H20I3N3O7. The molecule has 0 aliphatic carbocycles. The molecular weight excluding hydrogens is 727 g/mol. The summed E-state index contributed by atoms with van der Waals surface area (Å²) in [4.78, 5) is 37.0. The molecule has 10 nitrogen and oxygen atoms in total. The number of anilines is 1. The number of amides is 3. The van der Waals surface area contributed by atoms with Crippen molar-refractivity contribution >= 4 is 91.2 Å². The van der Waals surface area contributed by atoms with Crippen LogP contribution in [0.1, 0.15) is 27.6 Å². The third-order valence-electron chi connectivity index (χ3n) is 3.49. The van der Waals surface area contributed by atoms with Crippen molar-refractivity contribution in [2.45, 2.75) is 19.1 Å². The normalized spacial score (nSPS) is 12.8. The van der Waals surface area contributed by atoms with E-state index < -0.39 is 43.1 Å². The monoisotopic (exact) mass is 747 g/mol. The van der Waals surface area contributed by atoms with E-state index in [0.717, 1.165) is 0 Å². The molecule has 7 N–H and O–H groups in total. The van der Waals surface area contributed by atoms with Gasteiger partial charge in [0.15, 0.2) is 0 Å². The molecule has 0 aliphatic rings. The molecule has 0 saturated heterocycles. The molecule has 1 aromatic rings. The highest BCUT2D eigenvalue weighted by atomic mass is 127. The van der Waals surface area contributed by atoms with E-state index in [1.165, 1.54) is 6.92 Å². The summed E-state index contributed by atoms with van der Waals surface area (Å²) in [6.07, 6.45) is -2.29. The van der Waals surface area contributed by atoms with Gasteiger partial charge in [0.1, 0.15) is 0 Å². The summed E-state index contributed by atoms with van der Waals surface area (Å²) in [5, 5.41) is 44.3. The summed E-state index contributed by atoms with van der Waals surface area (Å²) in [5.41, 5.74) is 0.515. The molecule has 29 heavy (non-hydrogen) atoms. The number of hydrogen-bond donors (Lipinski definition) is 7. The fraction of sp³-hybridized carbons (Fsp3) is 0.438. The second kappa shape index (κ2) is 12.5. The van der Waals surface area contributed by atoms with Crippen LogP contribution in [0.3, 0.4) is 0 Å². The molecule has 13 heteroatoms. The van der Waals surface area contributed by atoms with Gasteiger partial charge in [0, 0.05) is 23.6 Å². The molecule has 0 fully saturated rings. The molecule has 162 valence electrons. The summed E-state index contributed by atoms with van der Waals surface area (Å²) < 4.78 is 1.10. The Balaban J connectivity index is 3.45. The van der Waals surface area contributed by atoms with Gasteiger partial charge in [0.25, 0.3) is 11.8 Å². The molecule has 0 spiro atoms. The summed E-state index contributed by atoms with van der Waals surface area (Å²) in [5.74, 6) is -1.59. The number of nitrogens with one attached hydrogen (secondary N) is 3. The van der Waals surface area contributed by atoms with Crippen molar-refractivity contribution in [2.75, 3.05) is 31.6 Å². The highest BCUT2D eigenvalue weighted by Crippen LogP contribution is 2.35. The Hall–Kier alpha value is -0.340. The van der Waals surface area contributed by atoms with Gasteiger partial charge in [-0.2, -0.15) is 0 Å². The Kier molecular flexibility index (Phi) is 11.5. The van der Waals surface area contributed by atoms with Crippen molar-refractivity contribution < 1.29 is 34.8 Å². The van der Waals surface area contributed by atoms with E-state index in [9.17, 15) is 24.6 Å². The summed E-state index contributed by atoms with van der Waals surface area (Å²) in [7, 11) is 0. The van der Waals surface area contributed by atoms with Gasteiger partial charge >= 0.3 is 0 Å². The lowest BCUT2D eigenvalue weighted by Crippen LogP contribution is -2.37. The Morgan fingerprint density at radius 2 is 1.21 bits per heavy atom. The second-order valence-electron chi connectivity index (χ2n) is 5.84. The summed E-state index contributed by atoms with van der Waals surface area (Å²) in [6.45, 7) is -0.169. The van der Waals surface area contributed by atoms with Gasteiger partial charge in [-0.3, -0.25) is 14.4 Å². The van der Waals surface area contributed by atoms with Crippen LogP contribution in [-0.2, 0) is 4.79 Å². The minimum absolute atomic E-state index is 0.119. The van der Waals surface area contributed by atoms with Crippen LogP contribution >= 0.6 is 67.8 Å². The highest BCUT2D eigenvalue weighted by molar-refractivity contribution is 14.1. The number of halogens is 3. The van der Waals surface area contributed by atoms with Crippen molar-refractivity contribution in [1.29, 1.82) is 0 Å². The van der Waals surface area contributed by atoms with Crippen LogP contribution in [0.4, 0.5) is 5.69 Å². The number of benzene rings is 1. The first-order valence-corrected chi connectivity index (χ1v) is 11.4. The maximum atomic E-state index is 12.7. The largest absolute Gasteiger partial charge is 0.394 e. The van der Waals surface area contributed by atoms with E-state index in [1.807, 2.05) is 67.8 Å². The fourth-order valence-corrected chi connectivity index (χ4v) is 6.49. The number of carbonyl (C=O) groups is 3. The van der Waals surface area contributed by atoms with Crippen LogP contribution in [0.25, 0.3) is 0 Å². The fourth-order valence-electron chi connectivity index (χ4n) is 2.08. The highest BCUT2D eigenvalue weighted by Gasteiger charge is 2.28. The van der Waals surface area contributed by atoms with Gasteiger partial charge < -0.3 is 36.4 Å². The molecule has 2 atom stereocenters.